The zero-order valence-electron chi connectivity index (χ0n) is 14.4. The van der Waals surface area contributed by atoms with E-state index in [1.807, 2.05) is 43.3 Å². The second-order valence-corrected chi connectivity index (χ2v) is 6.58. The summed E-state index contributed by atoms with van der Waals surface area (Å²) in [7, 11) is 0. The van der Waals surface area contributed by atoms with Crippen LogP contribution in [0.5, 0.6) is 0 Å². The second-order valence-electron chi connectivity index (χ2n) is 6.18. The number of aromatic nitrogens is 4. The fourth-order valence-electron chi connectivity index (χ4n) is 2.86. The van der Waals surface area contributed by atoms with Gasteiger partial charge in [0.25, 0.3) is 11.3 Å². The molecule has 0 amide bonds. The van der Waals surface area contributed by atoms with Gasteiger partial charge in [-0.1, -0.05) is 54.1 Å². The summed E-state index contributed by atoms with van der Waals surface area (Å²) < 4.78 is 1.23. The number of halogens is 1. The van der Waals surface area contributed by atoms with Gasteiger partial charge in [-0.2, -0.15) is 9.50 Å². The Labute approximate surface area is 159 Å². The number of rotatable bonds is 4. The largest absolute Gasteiger partial charge is 0.292 e. The first-order valence-electron chi connectivity index (χ1n) is 8.35. The molecule has 0 bridgehead atoms. The summed E-state index contributed by atoms with van der Waals surface area (Å²) in [6.45, 7) is 1.86. The monoisotopic (exact) mass is 378 g/mol. The van der Waals surface area contributed by atoms with Gasteiger partial charge in [0.15, 0.2) is 11.6 Å². The molecule has 0 atom stereocenters. The van der Waals surface area contributed by atoms with E-state index in [9.17, 15) is 9.59 Å². The number of H-pyrrole nitrogens is 1. The van der Waals surface area contributed by atoms with Crippen LogP contribution >= 0.6 is 11.6 Å². The zero-order valence-corrected chi connectivity index (χ0v) is 15.2. The molecule has 0 saturated carbocycles. The molecular weight excluding hydrogens is 364 g/mol. The van der Waals surface area contributed by atoms with Crippen LogP contribution in [0.25, 0.3) is 17.2 Å². The maximum absolute atomic E-state index is 12.7. The lowest BCUT2D eigenvalue weighted by atomic mass is 10.0. The van der Waals surface area contributed by atoms with Gasteiger partial charge in [0, 0.05) is 23.1 Å². The molecule has 2 heterocycles. The van der Waals surface area contributed by atoms with Crippen LogP contribution in [0, 0.1) is 6.92 Å². The fraction of sp³-hybridized carbons (Fsp3) is 0.100. The zero-order chi connectivity index (χ0) is 19.0. The molecule has 0 aliphatic rings. The molecule has 0 radical (unpaired) electrons. The quantitative estimate of drug-likeness (QED) is 0.551. The molecule has 0 aliphatic carbocycles. The molecule has 0 fully saturated rings. The van der Waals surface area contributed by atoms with E-state index in [1.54, 1.807) is 12.1 Å². The SMILES string of the molecule is Cc1c(Cl)cccc1CC(=O)c1cc(=O)n2[nH]c(-c3ccccc3)nc2n1. The molecule has 0 aliphatic heterocycles. The maximum atomic E-state index is 12.7. The lowest BCUT2D eigenvalue weighted by Gasteiger charge is -2.06. The van der Waals surface area contributed by atoms with Crippen LogP contribution in [0.1, 0.15) is 21.6 Å². The van der Waals surface area contributed by atoms with E-state index in [-0.39, 0.29) is 29.2 Å². The van der Waals surface area contributed by atoms with Gasteiger partial charge < -0.3 is 0 Å². The summed E-state index contributed by atoms with van der Waals surface area (Å²) in [6.07, 6.45) is 0.116. The molecule has 1 N–H and O–H groups in total. The van der Waals surface area contributed by atoms with Crippen molar-refractivity contribution in [3.63, 3.8) is 0 Å². The number of hydrogen-bond acceptors (Lipinski definition) is 4. The normalized spacial score (nSPS) is 11.0. The average molecular weight is 379 g/mol. The molecule has 0 saturated heterocycles. The Bertz CT molecular complexity index is 1210. The number of carbonyl (C=O) groups excluding carboxylic acids is 1. The van der Waals surface area contributed by atoms with Gasteiger partial charge in [0.1, 0.15) is 5.69 Å². The predicted molar refractivity (Wildman–Crippen MR) is 103 cm³/mol. The van der Waals surface area contributed by atoms with Crippen LogP contribution in [0.3, 0.4) is 0 Å². The van der Waals surface area contributed by atoms with E-state index in [0.717, 1.165) is 16.7 Å². The number of carbonyl (C=O) groups is 1. The lowest BCUT2D eigenvalue weighted by molar-refractivity contribution is 0.0988. The Morgan fingerprint density at radius 1 is 1.11 bits per heavy atom. The number of fused-ring (bicyclic) bond motifs is 1. The van der Waals surface area contributed by atoms with Crippen molar-refractivity contribution in [2.24, 2.45) is 0 Å². The van der Waals surface area contributed by atoms with Crippen molar-refractivity contribution in [1.82, 2.24) is 19.6 Å². The summed E-state index contributed by atoms with van der Waals surface area (Å²) in [4.78, 5) is 33.7. The molecule has 0 spiro atoms. The standard InChI is InChI=1S/C20H15ClN4O2/c1-12-14(8-5-9-15(12)21)10-17(26)16-11-18(27)25-20(22-16)23-19(24-25)13-6-3-2-4-7-13/h2-9,11H,10H2,1H3,(H,22,23,24). The van der Waals surface area contributed by atoms with Crippen molar-refractivity contribution < 1.29 is 4.79 Å². The van der Waals surface area contributed by atoms with Crippen LogP contribution < -0.4 is 5.56 Å². The van der Waals surface area contributed by atoms with Crippen LogP contribution in [0.15, 0.2) is 59.4 Å². The van der Waals surface area contributed by atoms with Crippen molar-refractivity contribution >= 4 is 23.2 Å². The minimum atomic E-state index is -0.388. The highest BCUT2D eigenvalue weighted by atomic mass is 35.5. The first-order valence-corrected chi connectivity index (χ1v) is 8.73. The highest BCUT2D eigenvalue weighted by molar-refractivity contribution is 6.31. The first kappa shape index (κ1) is 17.2. The van der Waals surface area contributed by atoms with Crippen molar-refractivity contribution in [2.45, 2.75) is 13.3 Å². The maximum Gasteiger partial charge on any atom is 0.274 e. The first-order chi connectivity index (χ1) is 13.0. The van der Waals surface area contributed by atoms with Gasteiger partial charge >= 0.3 is 0 Å². The predicted octanol–water partition coefficient (Wildman–Crippen LogP) is 3.47. The summed E-state index contributed by atoms with van der Waals surface area (Å²) in [6, 6.07) is 16.0. The van der Waals surface area contributed by atoms with Gasteiger partial charge in [-0.3, -0.25) is 14.7 Å². The fourth-order valence-corrected chi connectivity index (χ4v) is 3.05. The van der Waals surface area contributed by atoms with Crippen molar-refractivity contribution in [1.29, 1.82) is 0 Å². The smallest absolute Gasteiger partial charge is 0.274 e. The Hall–Kier alpha value is -3.25. The summed E-state index contributed by atoms with van der Waals surface area (Å²) >= 11 is 6.11. The van der Waals surface area contributed by atoms with Crippen LogP contribution in [-0.2, 0) is 6.42 Å². The van der Waals surface area contributed by atoms with E-state index < -0.39 is 0 Å². The van der Waals surface area contributed by atoms with Gasteiger partial charge in [-0.25, -0.2) is 4.98 Å². The topological polar surface area (TPSA) is 80.1 Å². The Kier molecular flexibility index (Phi) is 4.33. The third kappa shape index (κ3) is 3.27. The van der Waals surface area contributed by atoms with Crippen molar-refractivity contribution in [3.05, 3.63) is 86.8 Å². The summed E-state index contributed by atoms with van der Waals surface area (Å²) in [5.41, 5.74) is 2.18. The molecule has 4 rings (SSSR count). The molecule has 6 nitrogen and oxygen atoms in total. The molecular formula is C20H15ClN4O2. The minimum absolute atomic E-state index is 0.0884. The Morgan fingerprint density at radius 3 is 2.67 bits per heavy atom. The van der Waals surface area contributed by atoms with Gasteiger partial charge in [-0.15, -0.1) is 0 Å². The summed E-state index contributed by atoms with van der Waals surface area (Å²) in [5, 5.41) is 3.51. The van der Waals surface area contributed by atoms with E-state index in [0.29, 0.717) is 10.8 Å². The molecule has 0 unspecified atom stereocenters. The van der Waals surface area contributed by atoms with E-state index in [4.69, 9.17) is 11.6 Å². The molecule has 2 aromatic carbocycles. The van der Waals surface area contributed by atoms with E-state index in [1.165, 1.54) is 10.6 Å². The summed E-state index contributed by atoms with van der Waals surface area (Å²) in [5.74, 6) is 0.409. The van der Waals surface area contributed by atoms with Crippen LogP contribution in [-0.4, -0.2) is 25.4 Å². The van der Waals surface area contributed by atoms with Gasteiger partial charge in [0.05, 0.1) is 0 Å². The molecule has 2 aromatic heterocycles. The highest BCUT2D eigenvalue weighted by Gasteiger charge is 2.16. The van der Waals surface area contributed by atoms with E-state index >= 15 is 0 Å². The molecule has 134 valence electrons. The van der Waals surface area contributed by atoms with Crippen LogP contribution in [0.2, 0.25) is 5.02 Å². The highest BCUT2D eigenvalue weighted by Crippen LogP contribution is 2.20. The number of Topliss-reactive ketones (excluding diaryl/α,β-unsaturated/α-hetero) is 1. The van der Waals surface area contributed by atoms with Gasteiger partial charge in [0.2, 0.25) is 0 Å². The number of aromatic amines is 1. The Morgan fingerprint density at radius 2 is 1.89 bits per heavy atom. The van der Waals surface area contributed by atoms with Gasteiger partial charge in [-0.05, 0) is 24.1 Å². The molecule has 27 heavy (non-hydrogen) atoms. The lowest BCUT2D eigenvalue weighted by Crippen LogP contribution is -2.19. The average Bonchev–Trinajstić information content (AvgIpc) is 3.11. The van der Waals surface area contributed by atoms with Crippen LogP contribution in [0.4, 0.5) is 0 Å². The van der Waals surface area contributed by atoms with Crippen molar-refractivity contribution in [2.75, 3.05) is 0 Å². The Balaban J connectivity index is 1.71. The molecule has 4 aromatic rings. The molecule has 7 heteroatoms. The minimum Gasteiger partial charge on any atom is -0.292 e. The van der Waals surface area contributed by atoms with E-state index in [2.05, 4.69) is 15.1 Å². The number of benzene rings is 2. The second kappa shape index (κ2) is 6.81. The number of hydrogen-bond donors (Lipinski definition) is 1. The number of nitrogens with one attached hydrogen (secondary N) is 1. The van der Waals surface area contributed by atoms with Crippen molar-refractivity contribution in [3.8, 4) is 11.4 Å². The third-order valence-corrected chi connectivity index (χ3v) is 4.80. The number of ketones is 1. The number of nitrogens with zero attached hydrogens (tertiary/aromatic N) is 3. The third-order valence-electron chi connectivity index (χ3n) is 4.39.